The van der Waals surface area contributed by atoms with Gasteiger partial charge in [0, 0.05) is 6.92 Å². The van der Waals surface area contributed by atoms with E-state index < -0.39 is 40.1 Å². The SMILES string of the molecule is CC(=O)ON1C(C)(C)CC(C(=O)O)C(O[N+](=O)[O-])C1(C)C. The smallest absolute Gasteiger partial charge is 0.322 e. The van der Waals surface area contributed by atoms with Crippen LogP contribution in [-0.2, 0) is 19.3 Å². The van der Waals surface area contributed by atoms with Crippen molar-refractivity contribution in [2.75, 3.05) is 0 Å². The van der Waals surface area contributed by atoms with E-state index in [1.165, 1.54) is 12.0 Å². The summed E-state index contributed by atoms with van der Waals surface area (Å²) < 4.78 is 0. The highest BCUT2D eigenvalue weighted by Crippen LogP contribution is 2.43. The van der Waals surface area contributed by atoms with Gasteiger partial charge in [-0.05, 0) is 34.1 Å². The average Bonchev–Trinajstić information content (AvgIpc) is 2.27. The van der Waals surface area contributed by atoms with Crippen LogP contribution in [0.5, 0.6) is 0 Å². The maximum Gasteiger partial charge on any atom is 0.322 e. The van der Waals surface area contributed by atoms with Crippen LogP contribution in [0.4, 0.5) is 0 Å². The Morgan fingerprint density at radius 1 is 1.33 bits per heavy atom. The van der Waals surface area contributed by atoms with Gasteiger partial charge in [0.1, 0.15) is 6.10 Å². The zero-order valence-corrected chi connectivity index (χ0v) is 12.7. The molecule has 0 aromatic rings. The molecule has 9 nitrogen and oxygen atoms in total. The molecule has 1 fully saturated rings. The van der Waals surface area contributed by atoms with Gasteiger partial charge in [0.2, 0.25) is 0 Å². The molecule has 21 heavy (non-hydrogen) atoms. The maximum absolute atomic E-state index is 11.4. The molecule has 0 aromatic carbocycles. The van der Waals surface area contributed by atoms with Gasteiger partial charge in [-0.15, -0.1) is 15.2 Å². The van der Waals surface area contributed by atoms with Crippen LogP contribution in [0.25, 0.3) is 0 Å². The fraction of sp³-hybridized carbons (Fsp3) is 0.833. The van der Waals surface area contributed by atoms with Crippen molar-refractivity contribution in [1.82, 2.24) is 5.06 Å². The molecule has 0 aromatic heterocycles. The van der Waals surface area contributed by atoms with E-state index >= 15 is 0 Å². The van der Waals surface area contributed by atoms with E-state index in [0.717, 1.165) is 0 Å². The number of carboxylic acid groups (broad SMARTS) is 1. The standard InChI is InChI=1S/C12H20N2O7/c1-7(15)20-13-11(2,3)6-8(10(16)17)9(12(13,4)5)21-14(18)19/h8-9H,6H2,1-5H3,(H,16,17). The fourth-order valence-electron chi connectivity index (χ4n) is 3.00. The number of hydrogen-bond acceptors (Lipinski definition) is 7. The Labute approximate surface area is 121 Å². The lowest BCUT2D eigenvalue weighted by Gasteiger charge is -2.54. The predicted octanol–water partition coefficient (Wildman–Crippen LogP) is 1.01. The highest BCUT2D eigenvalue weighted by molar-refractivity contribution is 5.71. The lowest BCUT2D eigenvalue weighted by Crippen LogP contribution is -2.69. The van der Waals surface area contributed by atoms with E-state index in [-0.39, 0.29) is 6.42 Å². The van der Waals surface area contributed by atoms with E-state index in [2.05, 4.69) is 4.84 Å². The highest BCUT2D eigenvalue weighted by atomic mass is 17.0. The number of aliphatic carboxylic acids is 1. The molecule has 9 heteroatoms. The summed E-state index contributed by atoms with van der Waals surface area (Å²) in [5.41, 5.74) is -2.00. The Kier molecular flexibility index (Phi) is 4.47. The van der Waals surface area contributed by atoms with Crippen LogP contribution >= 0.6 is 0 Å². The van der Waals surface area contributed by atoms with Crippen molar-refractivity contribution in [1.29, 1.82) is 0 Å². The van der Waals surface area contributed by atoms with Crippen LogP contribution in [-0.4, -0.2) is 44.4 Å². The number of piperidine rings is 1. The summed E-state index contributed by atoms with van der Waals surface area (Å²) in [4.78, 5) is 43.1. The van der Waals surface area contributed by atoms with Gasteiger partial charge in [0.05, 0.1) is 17.0 Å². The summed E-state index contributed by atoms with van der Waals surface area (Å²) >= 11 is 0. The molecule has 0 bridgehead atoms. The number of carboxylic acids is 1. The van der Waals surface area contributed by atoms with Crippen LogP contribution in [0.15, 0.2) is 0 Å². The van der Waals surface area contributed by atoms with Gasteiger partial charge in [-0.3, -0.25) is 9.59 Å². The van der Waals surface area contributed by atoms with Crippen LogP contribution in [0.3, 0.4) is 0 Å². The van der Waals surface area contributed by atoms with E-state index in [0.29, 0.717) is 0 Å². The van der Waals surface area contributed by atoms with E-state index in [1.54, 1.807) is 27.7 Å². The van der Waals surface area contributed by atoms with Crippen molar-refractivity contribution in [2.24, 2.45) is 5.92 Å². The topological polar surface area (TPSA) is 119 Å². The van der Waals surface area contributed by atoms with Crippen molar-refractivity contribution in [3.05, 3.63) is 10.1 Å². The second-order valence-electron chi connectivity index (χ2n) is 6.24. The van der Waals surface area contributed by atoms with Crippen molar-refractivity contribution >= 4 is 11.9 Å². The van der Waals surface area contributed by atoms with Crippen LogP contribution in [0, 0.1) is 16.0 Å². The number of nitrogens with zero attached hydrogens (tertiary/aromatic N) is 2. The summed E-state index contributed by atoms with van der Waals surface area (Å²) in [6.07, 6.45) is -1.23. The minimum Gasteiger partial charge on any atom is -0.481 e. The lowest BCUT2D eigenvalue weighted by atomic mass is 9.73. The zero-order valence-electron chi connectivity index (χ0n) is 12.7. The van der Waals surface area contributed by atoms with Gasteiger partial charge in [-0.25, -0.2) is 0 Å². The Balaban J connectivity index is 3.27. The van der Waals surface area contributed by atoms with Gasteiger partial charge in [-0.2, -0.15) is 0 Å². The largest absolute Gasteiger partial charge is 0.481 e. The fourth-order valence-corrected chi connectivity index (χ4v) is 3.00. The monoisotopic (exact) mass is 304 g/mol. The van der Waals surface area contributed by atoms with E-state index in [9.17, 15) is 24.8 Å². The number of hydroxylamine groups is 2. The summed E-state index contributed by atoms with van der Waals surface area (Å²) in [6, 6.07) is 0. The first kappa shape index (κ1) is 17.2. The number of rotatable bonds is 4. The minimum absolute atomic E-state index is 0.0392. The van der Waals surface area contributed by atoms with Gasteiger partial charge in [0.15, 0.2) is 0 Å². The maximum atomic E-state index is 11.4. The molecule has 0 amide bonds. The molecule has 0 spiro atoms. The summed E-state index contributed by atoms with van der Waals surface area (Å²) in [7, 11) is 0. The molecule has 1 aliphatic heterocycles. The van der Waals surface area contributed by atoms with Gasteiger partial charge in [-0.1, -0.05) is 0 Å². The lowest BCUT2D eigenvalue weighted by molar-refractivity contribution is -0.775. The molecular formula is C12H20N2O7. The summed E-state index contributed by atoms with van der Waals surface area (Å²) in [5, 5.41) is 20.3. The third-order valence-electron chi connectivity index (χ3n) is 3.59. The third kappa shape index (κ3) is 3.41. The van der Waals surface area contributed by atoms with Gasteiger partial charge >= 0.3 is 11.9 Å². The molecule has 0 saturated carbocycles. The first-order valence-electron chi connectivity index (χ1n) is 6.42. The second-order valence-corrected chi connectivity index (χ2v) is 6.24. The van der Waals surface area contributed by atoms with Crippen molar-refractivity contribution in [2.45, 2.75) is 58.2 Å². The normalized spacial score (nSPS) is 27.7. The van der Waals surface area contributed by atoms with Crippen LogP contribution < -0.4 is 0 Å². The Bertz CT molecular complexity index is 461. The Hall–Kier alpha value is -1.90. The average molecular weight is 304 g/mol. The van der Waals surface area contributed by atoms with Crippen molar-refractivity contribution in [3.8, 4) is 0 Å². The van der Waals surface area contributed by atoms with Gasteiger partial charge < -0.3 is 14.8 Å². The highest BCUT2D eigenvalue weighted by Gasteiger charge is 2.58. The Morgan fingerprint density at radius 3 is 2.24 bits per heavy atom. The molecule has 1 saturated heterocycles. The molecular weight excluding hydrogens is 284 g/mol. The van der Waals surface area contributed by atoms with E-state index in [4.69, 9.17) is 4.84 Å². The molecule has 2 unspecified atom stereocenters. The summed E-state index contributed by atoms with van der Waals surface area (Å²) in [5.74, 6) is -2.87. The molecule has 0 radical (unpaired) electrons. The van der Waals surface area contributed by atoms with Crippen LogP contribution in [0.1, 0.15) is 41.0 Å². The first-order valence-corrected chi connectivity index (χ1v) is 6.42. The summed E-state index contributed by atoms with van der Waals surface area (Å²) in [6.45, 7) is 7.70. The second kappa shape index (κ2) is 5.47. The van der Waals surface area contributed by atoms with Crippen LogP contribution in [0.2, 0.25) is 0 Å². The minimum atomic E-state index is -1.27. The Morgan fingerprint density at radius 2 is 1.86 bits per heavy atom. The molecule has 120 valence electrons. The van der Waals surface area contributed by atoms with Gasteiger partial charge in [0.25, 0.3) is 5.09 Å². The zero-order chi connectivity index (χ0) is 16.6. The van der Waals surface area contributed by atoms with Crippen molar-refractivity contribution < 1.29 is 29.5 Å². The molecule has 1 N–H and O–H groups in total. The molecule has 1 heterocycles. The number of carbonyl (C=O) groups excluding carboxylic acids is 1. The third-order valence-corrected chi connectivity index (χ3v) is 3.59. The quantitative estimate of drug-likeness (QED) is 0.603. The molecule has 1 rings (SSSR count). The van der Waals surface area contributed by atoms with E-state index in [1.807, 2.05) is 0 Å². The predicted molar refractivity (Wildman–Crippen MR) is 69.4 cm³/mol. The first-order chi connectivity index (χ1) is 9.39. The van der Waals surface area contributed by atoms with Crippen molar-refractivity contribution in [3.63, 3.8) is 0 Å². The molecule has 1 aliphatic rings. The number of hydrogen-bond donors (Lipinski definition) is 1. The molecule has 0 aliphatic carbocycles. The number of carbonyl (C=O) groups is 2. The molecule has 2 atom stereocenters.